The first-order chi connectivity index (χ1) is 17.7. The maximum absolute atomic E-state index is 12.9. The van der Waals surface area contributed by atoms with Crippen molar-refractivity contribution in [1.29, 1.82) is 0 Å². The van der Waals surface area contributed by atoms with Crippen molar-refractivity contribution < 1.29 is 22.7 Å². The first-order valence-corrected chi connectivity index (χ1v) is 12.8. The van der Waals surface area contributed by atoms with Crippen molar-refractivity contribution in [2.45, 2.75) is 25.7 Å². The number of methoxy groups -OCH3 is 1. The molecule has 1 N–H and O–H groups in total. The Morgan fingerprint density at radius 3 is 2.49 bits per heavy atom. The molecule has 0 atom stereocenters. The van der Waals surface area contributed by atoms with Crippen molar-refractivity contribution >= 4 is 16.1 Å². The number of carbonyl (C=O) groups is 1. The lowest BCUT2D eigenvalue weighted by atomic mass is 10.1. The van der Waals surface area contributed by atoms with Gasteiger partial charge in [0.1, 0.15) is 10.7 Å². The van der Waals surface area contributed by atoms with E-state index in [-0.39, 0.29) is 23.1 Å². The standard InChI is InChI=1S/C25H26N6O5S/c1-16(2)15-36-25(32)30-37(33,34)20-6-5-11-26-21(20)18-7-9-19(10-8-18)22-27-12-13-31(22)23-24(35-4)29-17(3)14-28-23/h5-14,16H,15H2,1-4H3,(H,30,32). The lowest BCUT2D eigenvalue weighted by Gasteiger charge is -2.13. The van der Waals surface area contributed by atoms with Gasteiger partial charge in [-0.2, -0.15) is 0 Å². The number of hydrogen-bond donors (Lipinski definition) is 1. The molecule has 4 aromatic rings. The second-order valence-corrected chi connectivity index (χ2v) is 10.1. The molecule has 0 saturated carbocycles. The van der Waals surface area contributed by atoms with Gasteiger partial charge in [-0.1, -0.05) is 38.1 Å². The number of hydrogen-bond acceptors (Lipinski definition) is 9. The van der Waals surface area contributed by atoms with Crippen LogP contribution in [0.2, 0.25) is 0 Å². The van der Waals surface area contributed by atoms with Gasteiger partial charge in [-0.15, -0.1) is 0 Å². The third kappa shape index (κ3) is 5.75. The molecule has 0 aliphatic carbocycles. The highest BCUT2D eigenvalue weighted by Crippen LogP contribution is 2.29. The van der Waals surface area contributed by atoms with Gasteiger partial charge in [-0.05, 0) is 25.0 Å². The number of nitrogens with zero attached hydrogens (tertiary/aromatic N) is 5. The van der Waals surface area contributed by atoms with E-state index in [1.165, 1.54) is 25.4 Å². The van der Waals surface area contributed by atoms with Crippen molar-refractivity contribution in [2.75, 3.05) is 13.7 Å². The van der Waals surface area contributed by atoms with Crippen LogP contribution in [-0.4, -0.2) is 52.7 Å². The highest BCUT2D eigenvalue weighted by molar-refractivity contribution is 7.90. The summed E-state index contributed by atoms with van der Waals surface area (Å²) in [7, 11) is -2.70. The van der Waals surface area contributed by atoms with Gasteiger partial charge in [0.25, 0.3) is 15.9 Å². The van der Waals surface area contributed by atoms with E-state index in [1.54, 1.807) is 47.4 Å². The molecule has 192 valence electrons. The van der Waals surface area contributed by atoms with Crippen molar-refractivity contribution in [3.05, 3.63) is 66.9 Å². The Kier molecular flexibility index (Phi) is 7.48. The maximum Gasteiger partial charge on any atom is 0.421 e. The predicted molar refractivity (Wildman–Crippen MR) is 136 cm³/mol. The fraction of sp³-hybridized carbons (Fsp3) is 0.240. The molecule has 0 aliphatic heterocycles. The third-order valence-electron chi connectivity index (χ3n) is 5.15. The fourth-order valence-electron chi connectivity index (χ4n) is 3.48. The van der Waals surface area contributed by atoms with E-state index in [4.69, 9.17) is 9.47 Å². The minimum Gasteiger partial charge on any atom is -0.478 e. The summed E-state index contributed by atoms with van der Waals surface area (Å²) in [6.07, 6.45) is 5.46. The number of imidazole rings is 1. The van der Waals surface area contributed by atoms with Gasteiger partial charge in [-0.25, -0.2) is 32.9 Å². The second-order valence-electron chi connectivity index (χ2n) is 8.49. The minimum atomic E-state index is -4.23. The minimum absolute atomic E-state index is 0.0654. The van der Waals surface area contributed by atoms with Crippen molar-refractivity contribution in [3.8, 4) is 34.3 Å². The third-order valence-corrected chi connectivity index (χ3v) is 6.49. The molecule has 0 radical (unpaired) electrons. The molecule has 0 saturated heterocycles. The fourth-order valence-corrected chi connectivity index (χ4v) is 4.55. The SMILES string of the molecule is COc1nc(C)cnc1-n1ccnc1-c1ccc(-c2ncccc2S(=O)(=O)NC(=O)OCC(C)C)cc1. The van der Waals surface area contributed by atoms with Crippen molar-refractivity contribution in [1.82, 2.24) is 29.2 Å². The Balaban J connectivity index is 1.64. The quantitative estimate of drug-likeness (QED) is 0.366. The molecule has 12 heteroatoms. The van der Waals surface area contributed by atoms with Gasteiger partial charge < -0.3 is 9.47 Å². The Morgan fingerprint density at radius 2 is 1.78 bits per heavy atom. The number of amides is 1. The van der Waals surface area contributed by atoms with Crippen LogP contribution in [0.1, 0.15) is 19.5 Å². The van der Waals surface area contributed by atoms with Crippen LogP contribution in [0.5, 0.6) is 5.88 Å². The summed E-state index contributed by atoms with van der Waals surface area (Å²) in [6, 6.07) is 9.90. The molecule has 1 aromatic carbocycles. The summed E-state index contributed by atoms with van der Waals surface area (Å²) in [6.45, 7) is 5.62. The van der Waals surface area contributed by atoms with Gasteiger partial charge in [0.2, 0.25) is 5.82 Å². The van der Waals surface area contributed by atoms with E-state index in [1.807, 2.05) is 25.5 Å². The van der Waals surface area contributed by atoms with Gasteiger partial charge in [-0.3, -0.25) is 9.55 Å². The molecule has 0 spiro atoms. The number of carbonyl (C=O) groups excluding carboxylic acids is 1. The molecule has 0 unspecified atom stereocenters. The number of pyridine rings is 1. The van der Waals surface area contributed by atoms with Crippen LogP contribution in [0.25, 0.3) is 28.5 Å². The molecule has 3 aromatic heterocycles. The summed E-state index contributed by atoms with van der Waals surface area (Å²) in [4.78, 5) is 29.4. The lowest BCUT2D eigenvalue weighted by Crippen LogP contribution is -2.32. The number of ether oxygens (including phenoxy) is 2. The van der Waals surface area contributed by atoms with Gasteiger partial charge in [0.15, 0.2) is 0 Å². The summed E-state index contributed by atoms with van der Waals surface area (Å²) < 4.78 is 39.9. The van der Waals surface area contributed by atoms with Crippen LogP contribution < -0.4 is 9.46 Å². The van der Waals surface area contributed by atoms with Crippen LogP contribution in [0.4, 0.5) is 4.79 Å². The van der Waals surface area contributed by atoms with Crippen LogP contribution in [0.15, 0.2) is 66.1 Å². The van der Waals surface area contributed by atoms with Crippen molar-refractivity contribution in [2.24, 2.45) is 5.92 Å². The Hall–Kier alpha value is -4.32. The summed E-state index contributed by atoms with van der Waals surface area (Å²) >= 11 is 0. The number of sulfonamides is 1. The predicted octanol–water partition coefficient (Wildman–Crippen LogP) is 3.78. The Morgan fingerprint density at radius 1 is 1.05 bits per heavy atom. The first kappa shape index (κ1) is 25.8. The Bertz CT molecular complexity index is 1520. The second kappa shape index (κ2) is 10.7. The highest BCUT2D eigenvalue weighted by Gasteiger charge is 2.24. The monoisotopic (exact) mass is 522 g/mol. The molecule has 3 heterocycles. The van der Waals surface area contributed by atoms with Gasteiger partial charge >= 0.3 is 6.09 Å². The van der Waals surface area contributed by atoms with E-state index >= 15 is 0 Å². The topological polar surface area (TPSA) is 138 Å². The van der Waals surface area contributed by atoms with Crippen molar-refractivity contribution in [3.63, 3.8) is 0 Å². The summed E-state index contributed by atoms with van der Waals surface area (Å²) in [5.74, 6) is 1.50. The number of aromatic nitrogens is 5. The van der Waals surface area contributed by atoms with E-state index < -0.39 is 16.1 Å². The van der Waals surface area contributed by atoms with E-state index in [0.717, 1.165) is 11.3 Å². The number of benzene rings is 1. The number of aryl methyl sites for hydroxylation is 1. The van der Waals surface area contributed by atoms with Crippen LogP contribution in [-0.2, 0) is 14.8 Å². The number of rotatable bonds is 8. The average molecular weight is 523 g/mol. The summed E-state index contributed by atoms with van der Waals surface area (Å²) in [5, 5.41) is 0. The zero-order valence-electron chi connectivity index (χ0n) is 20.7. The van der Waals surface area contributed by atoms with Crippen LogP contribution in [0, 0.1) is 12.8 Å². The van der Waals surface area contributed by atoms with E-state index in [9.17, 15) is 13.2 Å². The number of nitrogens with one attached hydrogen (secondary N) is 1. The normalized spacial score (nSPS) is 11.4. The molecule has 11 nitrogen and oxygen atoms in total. The molecular weight excluding hydrogens is 496 g/mol. The van der Waals surface area contributed by atoms with Crippen LogP contribution >= 0.6 is 0 Å². The molecular formula is C25H26N6O5S. The molecule has 0 aliphatic rings. The van der Waals surface area contributed by atoms with Gasteiger partial charge in [0, 0.05) is 29.7 Å². The zero-order valence-corrected chi connectivity index (χ0v) is 21.6. The Labute approximate surface area is 214 Å². The van der Waals surface area contributed by atoms with Gasteiger partial charge in [0.05, 0.1) is 31.3 Å². The first-order valence-electron chi connectivity index (χ1n) is 11.4. The molecule has 0 bridgehead atoms. The molecule has 4 rings (SSSR count). The van der Waals surface area contributed by atoms with E-state index in [2.05, 4.69) is 19.9 Å². The molecule has 0 fully saturated rings. The zero-order chi connectivity index (χ0) is 26.6. The van der Waals surface area contributed by atoms with E-state index in [0.29, 0.717) is 23.1 Å². The molecule has 1 amide bonds. The smallest absolute Gasteiger partial charge is 0.421 e. The highest BCUT2D eigenvalue weighted by atomic mass is 32.2. The average Bonchev–Trinajstić information content (AvgIpc) is 3.37. The summed E-state index contributed by atoms with van der Waals surface area (Å²) in [5.41, 5.74) is 2.18. The maximum atomic E-state index is 12.9. The largest absolute Gasteiger partial charge is 0.478 e. The molecule has 37 heavy (non-hydrogen) atoms. The lowest BCUT2D eigenvalue weighted by molar-refractivity contribution is 0.139. The van der Waals surface area contributed by atoms with Crippen LogP contribution in [0.3, 0.4) is 0 Å².